The highest BCUT2D eigenvalue weighted by Gasteiger charge is 2.13. The zero-order valence-corrected chi connectivity index (χ0v) is 13.1. The molecule has 1 aliphatic carbocycles. The predicted molar refractivity (Wildman–Crippen MR) is 86.7 cm³/mol. The second-order valence-electron chi connectivity index (χ2n) is 5.45. The Balaban J connectivity index is 1.76. The Morgan fingerprint density at radius 1 is 1.24 bits per heavy atom. The van der Waals surface area contributed by atoms with Crippen LogP contribution in [-0.2, 0) is 4.79 Å². The van der Waals surface area contributed by atoms with E-state index in [1.807, 2.05) is 31.2 Å². The van der Waals surface area contributed by atoms with Gasteiger partial charge in [0.2, 0.25) is 0 Å². The highest BCUT2D eigenvalue weighted by atomic mass is 35.5. The van der Waals surface area contributed by atoms with Gasteiger partial charge in [0, 0.05) is 11.1 Å². The second-order valence-corrected chi connectivity index (χ2v) is 5.89. The summed E-state index contributed by atoms with van der Waals surface area (Å²) in [6.45, 7) is 2.18. The molecule has 0 saturated heterocycles. The number of carbonyl (C=O) groups is 1. The molecule has 5 heteroatoms. The Labute approximate surface area is 131 Å². The van der Waals surface area contributed by atoms with Crippen molar-refractivity contribution in [3.63, 3.8) is 0 Å². The van der Waals surface area contributed by atoms with E-state index in [1.54, 1.807) is 0 Å². The van der Waals surface area contributed by atoms with Crippen molar-refractivity contribution in [2.75, 3.05) is 6.54 Å². The Morgan fingerprint density at radius 2 is 1.90 bits per heavy atom. The fourth-order valence-corrected chi connectivity index (χ4v) is 2.61. The van der Waals surface area contributed by atoms with E-state index >= 15 is 0 Å². The number of halogens is 1. The Kier molecular flexibility index (Phi) is 6.21. The number of amides is 1. The summed E-state index contributed by atoms with van der Waals surface area (Å²) in [5.41, 5.74) is 4.29. The van der Waals surface area contributed by atoms with Gasteiger partial charge in [0.1, 0.15) is 0 Å². The summed E-state index contributed by atoms with van der Waals surface area (Å²) in [6.07, 6.45) is 6.16. The monoisotopic (exact) mass is 307 g/mol. The van der Waals surface area contributed by atoms with Gasteiger partial charge in [0.25, 0.3) is 5.91 Å². The van der Waals surface area contributed by atoms with Crippen LogP contribution in [0, 0.1) is 0 Å². The Hall–Kier alpha value is -1.39. The molecule has 1 aliphatic rings. The van der Waals surface area contributed by atoms with Crippen LogP contribution in [0.4, 0.5) is 0 Å². The van der Waals surface area contributed by atoms with Gasteiger partial charge < -0.3 is 5.32 Å². The molecule has 0 spiro atoms. The number of hydrogen-bond donors (Lipinski definition) is 2. The first-order valence-electron chi connectivity index (χ1n) is 7.47. The molecule has 2 N–H and O–H groups in total. The molecule has 1 aromatic carbocycles. The summed E-state index contributed by atoms with van der Waals surface area (Å²) in [6, 6.07) is 7.86. The van der Waals surface area contributed by atoms with E-state index in [2.05, 4.69) is 15.8 Å². The van der Waals surface area contributed by atoms with Crippen molar-refractivity contribution in [2.24, 2.45) is 5.10 Å². The molecule has 2 rings (SSSR count). The first-order chi connectivity index (χ1) is 10.1. The average molecular weight is 308 g/mol. The highest BCUT2D eigenvalue weighted by molar-refractivity contribution is 6.30. The van der Waals surface area contributed by atoms with Crippen LogP contribution in [0.3, 0.4) is 0 Å². The molecule has 114 valence electrons. The van der Waals surface area contributed by atoms with Gasteiger partial charge in [0.15, 0.2) is 0 Å². The maximum Gasteiger partial charge on any atom is 0.254 e. The van der Waals surface area contributed by atoms with E-state index < -0.39 is 0 Å². The van der Waals surface area contributed by atoms with Crippen LogP contribution in [0.1, 0.15) is 44.6 Å². The number of carbonyl (C=O) groups excluding carboxylic acids is 1. The molecular formula is C16H22ClN3O. The molecular weight excluding hydrogens is 286 g/mol. The molecule has 1 aromatic rings. The van der Waals surface area contributed by atoms with Crippen LogP contribution in [0.25, 0.3) is 0 Å². The van der Waals surface area contributed by atoms with Gasteiger partial charge in [-0.2, -0.15) is 5.10 Å². The maximum absolute atomic E-state index is 11.8. The molecule has 1 fully saturated rings. The van der Waals surface area contributed by atoms with Gasteiger partial charge in [-0.1, -0.05) is 43.0 Å². The van der Waals surface area contributed by atoms with Crippen LogP contribution in [0.2, 0.25) is 5.02 Å². The lowest BCUT2D eigenvalue weighted by atomic mass is 9.95. The van der Waals surface area contributed by atoms with Crippen molar-refractivity contribution in [1.29, 1.82) is 0 Å². The number of rotatable bonds is 5. The Bertz CT molecular complexity index is 493. The number of nitrogens with one attached hydrogen (secondary N) is 2. The minimum absolute atomic E-state index is 0.103. The molecule has 0 atom stereocenters. The molecule has 1 saturated carbocycles. The van der Waals surface area contributed by atoms with Gasteiger partial charge in [-0.3, -0.25) is 4.79 Å². The van der Waals surface area contributed by atoms with E-state index in [1.165, 1.54) is 32.1 Å². The quantitative estimate of drug-likeness (QED) is 0.649. The van der Waals surface area contributed by atoms with Crippen LogP contribution < -0.4 is 10.7 Å². The van der Waals surface area contributed by atoms with Crippen molar-refractivity contribution in [3.8, 4) is 0 Å². The van der Waals surface area contributed by atoms with E-state index in [0.29, 0.717) is 17.6 Å². The van der Waals surface area contributed by atoms with E-state index in [-0.39, 0.29) is 5.91 Å². The standard InChI is InChI=1S/C16H22ClN3O/c1-12(13-7-9-14(17)10-8-13)19-20-16(21)11-18-15-5-3-2-4-6-15/h7-10,15,18H,2-6,11H2,1H3,(H,20,21)/b19-12-. The fraction of sp³-hybridized carbons (Fsp3) is 0.500. The first kappa shape index (κ1) is 16.0. The Morgan fingerprint density at radius 3 is 2.57 bits per heavy atom. The molecule has 1 amide bonds. The summed E-state index contributed by atoms with van der Waals surface area (Å²) in [5.74, 6) is -0.103. The second kappa shape index (κ2) is 8.15. The maximum atomic E-state index is 11.8. The molecule has 0 bridgehead atoms. The lowest BCUT2D eigenvalue weighted by molar-refractivity contribution is -0.120. The molecule has 0 radical (unpaired) electrons. The molecule has 0 heterocycles. The van der Waals surface area contributed by atoms with Crippen LogP contribution >= 0.6 is 11.6 Å². The zero-order chi connectivity index (χ0) is 15.1. The van der Waals surface area contributed by atoms with Gasteiger partial charge in [0.05, 0.1) is 12.3 Å². The third-order valence-corrected chi connectivity index (χ3v) is 4.02. The number of hydrogen-bond acceptors (Lipinski definition) is 3. The number of nitrogens with zero attached hydrogens (tertiary/aromatic N) is 1. The third kappa shape index (κ3) is 5.48. The van der Waals surface area contributed by atoms with Crippen molar-refractivity contribution in [3.05, 3.63) is 34.9 Å². The van der Waals surface area contributed by atoms with Crippen LogP contribution in [0.5, 0.6) is 0 Å². The topological polar surface area (TPSA) is 53.5 Å². The zero-order valence-electron chi connectivity index (χ0n) is 12.4. The van der Waals surface area contributed by atoms with Crippen LogP contribution in [-0.4, -0.2) is 24.2 Å². The summed E-state index contributed by atoms with van der Waals surface area (Å²) in [4.78, 5) is 11.8. The fourth-order valence-electron chi connectivity index (χ4n) is 2.49. The van der Waals surface area contributed by atoms with Gasteiger partial charge >= 0.3 is 0 Å². The van der Waals surface area contributed by atoms with E-state index in [4.69, 9.17) is 11.6 Å². The third-order valence-electron chi connectivity index (χ3n) is 3.77. The largest absolute Gasteiger partial charge is 0.306 e. The highest BCUT2D eigenvalue weighted by Crippen LogP contribution is 2.16. The summed E-state index contributed by atoms with van der Waals surface area (Å²) < 4.78 is 0. The van der Waals surface area contributed by atoms with Gasteiger partial charge in [-0.25, -0.2) is 5.43 Å². The minimum Gasteiger partial charge on any atom is -0.306 e. The van der Waals surface area contributed by atoms with Crippen LogP contribution in [0.15, 0.2) is 29.4 Å². The molecule has 21 heavy (non-hydrogen) atoms. The summed E-state index contributed by atoms with van der Waals surface area (Å²) in [7, 11) is 0. The van der Waals surface area contributed by atoms with E-state index in [9.17, 15) is 4.79 Å². The van der Waals surface area contributed by atoms with E-state index in [0.717, 1.165) is 11.3 Å². The smallest absolute Gasteiger partial charge is 0.254 e. The molecule has 0 unspecified atom stereocenters. The SMILES string of the molecule is C/C(=N/NC(=O)CNC1CCCCC1)c1ccc(Cl)cc1. The van der Waals surface area contributed by atoms with Crippen molar-refractivity contribution in [1.82, 2.24) is 10.7 Å². The van der Waals surface area contributed by atoms with Crippen molar-refractivity contribution < 1.29 is 4.79 Å². The molecule has 0 aliphatic heterocycles. The predicted octanol–water partition coefficient (Wildman–Crippen LogP) is 3.10. The summed E-state index contributed by atoms with van der Waals surface area (Å²) >= 11 is 5.84. The lowest BCUT2D eigenvalue weighted by Gasteiger charge is -2.22. The average Bonchev–Trinajstić information content (AvgIpc) is 2.52. The number of benzene rings is 1. The summed E-state index contributed by atoms with van der Waals surface area (Å²) in [5, 5.41) is 8.10. The lowest BCUT2D eigenvalue weighted by Crippen LogP contribution is -2.38. The van der Waals surface area contributed by atoms with Gasteiger partial charge in [-0.05, 0) is 37.5 Å². The minimum atomic E-state index is -0.103. The van der Waals surface area contributed by atoms with Crippen molar-refractivity contribution >= 4 is 23.2 Å². The van der Waals surface area contributed by atoms with Crippen molar-refractivity contribution in [2.45, 2.75) is 45.1 Å². The first-order valence-corrected chi connectivity index (χ1v) is 7.85. The molecule has 0 aromatic heterocycles. The van der Waals surface area contributed by atoms with Gasteiger partial charge in [-0.15, -0.1) is 0 Å². The number of hydrazone groups is 1. The molecule has 4 nitrogen and oxygen atoms in total. The normalized spacial score (nSPS) is 16.8.